The van der Waals surface area contributed by atoms with Crippen molar-refractivity contribution in [1.29, 1.82) is 5.26 Å². The third-order valence-electron chi connectivity index (χ3n) is 3.49. The molecule has 4 nitrogen and oxygen atoms in total. The smallest absolute Gasteiger partial charge is 0.336 e. The van der Waals surface area contributed by atoms with E-state index in [1.165, 1.54) is 7.11 Å². The van der Waals surface area contributed by atoms with Crippen molar-refractivity contribution >= 4 is 21.9 Å². The molecule has 1 N–H and O–H groups in total. The molecular weight excluding hydrogens is 332 g/mol. The predicted molar refractivity (Wildman–Crippen MR) is 83.0 cm³/mol. The van der Waals surface area contributed by atoms with Crippen LogP contribution < -0.4 is 5.32 Å². The number of esters is 1. The highest BCUT2D eigenvalue weighted by molar-refractivity contribution is 9.10. The Morgan fingerprint density at radius 1 is 1.29 bits per heavy atom. The van der Waals surface area contributed by atoms with Crippen molar-refractivity contribution in [2.45, 2.75) is 19.8 Å². The topological polar surface area (TPSA) is 62.1 Å². The molecular formula is C16H15BrN2O2. The summed E-state index contributed by atoms with van der Waals surface area (Å²) in [7, 11) is 1.35. The van der Waals surface area contributed by atoms with Crippen molar-refractivity contribution in [3.8, 4) is 6.07 Å². The summed E-state index contributed by atoms with van der Waals surface area (Å²) in [6.07, 6.45) is 0. The van der Waals surface area contributed by atoms with E-state index in [0.29, 0.717) is 16.8 Å². The molecule has 0 aromatic heterocycles. The number of methoxy groups -OCH3 is 1. The van der Waals surface area contributed by atoms with Gasteiger partial charge in [0.2, 0.25) is 0 Å². The predicted octanol–water partition coefficient (Wildman–Crippen LogP) is 3.38. The number of nitriles is 1. The summed E-state index contributed by atoms with van der Waals surface area (Å²) in [4.78, 5) is 12.1. The molecule has 0 radical (unpaired) electrons. The number of ether oxygens (including phenoxy) is 1. The van der Waals surface area contributed by atoms with Gasteiger partial charge in [0.25, 0.3) is 0 Å². The number of allylic oxidation sites excluding steroid dienone is 3. The molecule has 0 saturated carbocycles. The van der Waals surface area contributed by atoms with Crippen LogP contribution in [0.2, 0.25) is 0 Å². The van der Waals surface area contributed by atoms with Crippen LogP contribution >= 0.6 is 15.9 Å². The van der Waals surface area contributed by atoms with E-state index in [1.54, 1.807) is 0 Å². The van der Waals surface area contributed by atoms with Crippen LogP contribution in [0.5, 0.6) is 0 Å². The average Bonchev–Trinajstić information content (AvgIpc) is 2.46. The van der Waals surface area contributed by atoms with Crippen LogP contribution in [0.15, 0.2) is 51.3 Å². The maximum Gasteiger partial charge on any atom is 0.336 e. The number of carbonyl (C=O) groups excluding carboxylic acids is 1. The fraction of sp³-hybridized carbons (Fsp3) is 0.250. The second-order valence-electron chi connectivity index (χ2n) is 4.79. The van der Waals surface area contributed by atoms with Crippen LogP contribution in [-0.2, 0) is 9.53 Å². The standard InChI is InChI=1S/C16H15BrN2O2/c1-9-13(8-18)15(11-4-6-12(17)7-5-11)14(10(2)19-9)16(20)21-3/h4-7,15,19H,1-3H3/t15-/m1/s1. The number of nitrogens with zero attached hydrogens (tertiary/aromatic N) is 1. The second kappa shape index (κ2) is 6.15. The lowest BCUT2D eigenvalue weighted by molar-refractivity contribution is -0.136. The number of hydrogen-bond donors (Lipinski definition) is 1. The van der Waals surface area contributed by atoms with Gasteiger partial charge < -0.3 is 10.1 Å². The third kappa shape index (κ3) is 2.86. The second-order valence-corrected chi connectivity index (χ2v) is 5.71. The van der Waals surface area contributed by atoms with Gasteiger partial charge in [-0.2, -0.15) is 5.26 Å². The van der Waals surface area contributed by atoms with Gasteiger partial charge in [-0.05, 0) is 31.5 Å². The molecule has 2 rings (SSSR count). The van der Waals surface area contributed by atoms with E-state index < -0.39 is 11.9 Å². The molecule has 0 unspecified atom stereocenters. The molecule has 5 heteroatoms. The van der Waals surface area contributed by atoms with E-state index >= 15 is 0 Å². The zero-order valence-corrected chi connectivity index (χ0v) is 13.6. The Bertz CT molecular complexity index is 681. The van der Waals surface area contributed by atoms with E-state index in [1.807, 2.05) is 38.1 Å². The number of carbonyl (C=O) groups is 1. The highest BCUT2D eigenvalue weighted by Crippen LogP contribution is 2.38. The third-order valence-corrected chi connectivity index (χ3v) is 4.02. The van der Waals surface area contributed by atoms with Crippen molar-refractivity contribution in [3.05, 3.63) is 56.8 Å². The summed E-state index contributed by atoms with van der Waals surface area (Å²) in [6.45, 7) is 3.65. The molecule has 0 fully saturated rings. The molecule has 21 heavy (non-hydrogen) atoms. The number of benzene rings is 1. The molecule has 1 aliphatic rings. The number of halogens is 1. The van der Waals surface area contributed by atoms with Crippen LogP contribution in [0.25, 0.3) is 0 Å². The van der Waals surface area contributed by atoms with E-state index in [2.05, 4.69) is 27.3 Å². The Hall–Kier alpha value is -2.06. The van der Waals surface area contributed by atoms with Crippen LogP contribution in [0, 0.1) is 11.3 Å². The van der Waals surface area contributed by atoms with E-state index in [9.17, 15) is 10.1 Å². The van der Waals surface area contributed by atoms with Gasteiger partial charge in [0, 0.05) is 15.9 Å². The minimum atomic E-state index is -0.423. The van der Waals surface area contributed by atoms with Gasteiger partial charge in [-0.25, -0.2) is 4.79 Å². The molecule has 0 bridgehead atoms. The lowest BCUT2D eigenvalue weighted by atomic mass is 9.81. The van der Waals surface area contributed by atoms with Crippen molar-refractivity contribution in [3.63, 3.8) is 0 Å². The Morgan fingerprint density at radius 3 is 2.43 bits per heavy atom. The van der Waals surface area contributed by atoms with Crippen LogP contribution in [-0.4, -0.2) is 13.1 Å². The monoisotopic (exact) mass is 346 g/mol. The molecule has 108 valence electrons. The van der Waals surface area contributed by atoms with E-state index in [4.69, 9.17) is 4.74 Å². The first-order valence-electron chi connectivity index (χ1n) is 6.42. The van der Waals surface area contributed by atoms with Crippen molar-refractivity contribution in [1.82, 2.24) is 5.32 Å². The minimum absolute atomic E-state index is 0.406. The van der Waals surface area contributed by atoms with Gasteiger partial charge in [0.05, 0.1) is 30.2 Å². The number of dihydropyridines is 1. The molecule has 0 saturated heterocycles. The Labute approximate surface area is 132 Å². The maximum atomic E-state index is 12.1. The SMILES string of the molecule is COC(=O)C1=C(C)NC(C)=C(C#N)[C@H]1c1ccc(Br)cc1. The van der Waals surface area contributed by atoms with Crippen LogP contribution in [0.1, 0.15) is 25.3 Å². The summed E-state index contributed by atoms with van der Waals surface area (Å²) < 4.78 is 5.83. The van der Waals surface area contributed by atoms with Crippen molar-refractivity contribution in [2.75, 3.05) is 7.11 Å². The molecule has 1 aromatic carbocycles. The summed E-state index contributed by atoms with van der Waals surface area (Å²) >= 11 is 3.39. The number of hydrogen-bond acceptors (Lipinski definition) is 4. The van der Waals surface area contributed by atoms with Gasteiger partial charge in [0.1, 0.15) is 0 Å². The molecule has 1 heterocycles. The molecule has 0 aliphatic carbocycles. The lowest BCUT2D eigenvalue weighted by Gasteiger charge is -2.28. The van der Waals surface area contributed by atoms with E-state index in [-0.39, 0.29) is 0 Å². The average molecular weight is 347 g/mol. The van der Waals surface area contributed by atoms with Crippen molar-refractivity contribution in [2.24, 2.45) is 0 Å². The summed E-state index contributed by atoms with van der Waals surface area (Å²) in [5.74, 6) is -0.829. The van der Waals surface area contributed by atoms with Gasteiger partial charge >= 0.3 is 5.97 Å². The molecule has 1 aliphatic heterocycles. The maximum absolute atomic E-state index is 12.1. The zero-order valence-electron chi connectivity index (χ0n) is 12.0. The van der Waals surface area contributed by atoms with Gasteiger partial charge in [-0.1, -0.05) is 28.1 Å². The summed E-state index contributed by atoms with van der Waals surface area (Å²) in [5.41, 5.74) is 3.36. The summed E-state index contributed by atoms with van der Waals surface area (Å²) in [6, 6.07) is 9.81. The summed E-state index contributed by atoms with van der Waals surface area (Å²) in [5, 5.41) is 12.6. The first-order valence-corrected chi connectivity index (χ1v) is 7.21. The van der Waals surface area contributed by atoms with Gasteiger partial charge in [-0.3, -0.25) is 0 Å². The van der Waals surface area contributed by atoms with Crippen molar-refractivity contribution < 1.29 is 9.53 Å². The largest absolute Gasteiger partial charge is 0.466 e. The lowest BCUT2D eigenvalue weighted by Crippen LogP contribution is -2.28. The first-order chi connectivity index (χ1) is 9.99. The minimum Gasteiger partial charge on any atom is -0.466 e. The number of rotatable bonds is 2. The molecule has 0 spiro atoms. The van der Waals surface area contributed by atoms with Gasteiger partial charge in [-0.15, -0.1) is 0 Å². The highest BCUT2D eigenvalue weighted by atomic mass is 79.9. The fourth-order valence-electron chi connectivity index (χ4n) is 2.51. The Morgan fingerprint density at radius 2 is 1.90 bits per heavy atom. The highest BCUT2D eigenvalue weighted by Gasteiger charge is 2.33. The quantitative estimate of drug-likeness (QED) is 0.833. The molecule has 0 amide bonds. The molecule has 1 atom stereocenters. The molecule has 1 aromatic rings. The zero-order chi connectivity index (χ0) is 15.6. The van der Waals surface area contributed by atoms with Crippen LogP contribution in [0.3, 0.4) is 0 Å². The van der Waals surface area contributed by atoms with Crippen LogP contribution in [0.4, 0.5) is 0 Å². The fourth-order valence-corrected chi connectivity index (χ4v) is 2.78. The van der Waals surface area contributed by atoms with E-state index in [0.717, 1.165) is 15.7 Å². The normalized spacial score (nSPS) is 18.1. The van der Waals surface area contributed by atoms with Gasteiger partial charge in [0.15, 0.2) is 0 Å². The Balaban J connectivity index is 2.63. The Kier molecular flexibility index (Phi) is 4.49. The first kappa shape index (κ1) is 15.3. The number of nitrogens with one attached hydrogen (secondary N) is 1.